The zero-order chi connectivity index (χ0) is 21.6. The Balaban J connectivity index is 1.55. The molecule has 4 rings (SSSR count). The second-order valence-corrected chi connectivity index (χ2v) is 7.66. The van der Waals surface area contributed by atoms with E-state index in [1.807, 2.05) is 74.8 Å². The van der Waals surface area contributed by atoms with Crippen LogP contribution in [0.5, 0.6) is 0 Å². The Morgan fingerprint density at radius 3 is 2.39 bits per heavy atom. The van der Waals surface area contributed by atoms with Gasteiger partial charge in [0.05, 0.1) is 12.0 Å². The third-order valence-corrected chi connectivity index (χ3v) is 5.26. The highest BCUT2D eigenvalue weighted by atomic mass is 16.3. The van der Waals surface area contributed by atoms with Crippen molar-refractivity contribution in [1.82, 2.24) is 20.0 Å². The Morgan fingerprint density at radius 2 is 1.74 bits per heavy atom. The first kappa shape index (κ1) is 20.6. The van der Waals surface area contributed by atoms with Crippen LogP contribution in [0.15, 0.2) is 89.5 Å². The van der Waals surface area contributed by atoms with E-state index in [1.165, 1.54) is 5.56 Å². The minimum Gasteiger partial charge on any atom is -0.463 e. The van der Waals surface area contributed by atoms with Crippen LogP contribution in [-0.4, -0.2) is 47.3 Å². The second kappa shape index (κ2) is 9.45. The monoisotopic (exact) mass is 414 g/mol. The van der Waals surface area contributed by atoms with Gasteiger partial charge in [0, 0.05) is 18.7 Å². The van der Waals surface area contributed by atoms with Crippen molar-refractivity contribution in [2.45, 2.75) is 12.5 Å². The molecule has 2 heterocycles. The van der Waals surface area contributed by atoms with Crippen molar-refractivity contribution < 1.29 is 9.21 Å². The highest BCUT2D eigenvalue weighted by molar-refractivity contribution is 5.94. The number of para-hydroxylation sites is 1. The number of nitrogens with zero attached hydrogens (tertiary/aromatic N) is 3. The molecule has 2 aromatic carbocycles. The molecule has 2 aromatic heterocycles. The SMILES string of the molecule is CN(C)C(CNC(=O)c1cc(-c2ccco2)nn1-c1ccccc1)Cc1ccccc1. The number of rotatable bonds is 8. The van der Waals surface area contributed by atoms with E-state index in [-0.39, 0.29) is 11.9 Å². The van der Waals surface area contributed by atoms with Crippen LogP contribution in [0.25, 0.3) is 17.1 Å². The number of hydrogen-bond acceptors (Lipinski definition) is 4. The molecule has 0 saturated carbocycles. The molecule has 1 unspecified atom stereocenters. The van der Waals surface area contributed by atoms with Gasteiger partial charge in [0.15, 0.2) is 5.76 Å². The normalized spacial score (nSPS) is 12.1. The first-order valence-electron chi connectivity index (χ1n) is 10.3. The van der Waals surface area contributed by atoms with E-state index >= 15 is 0 Å². The fourth-order valence-electron chi connectivity index (χ4n) is 3.48. The fraction of sp³-hybridized carbons (Fsp3) is 0.200. The maximum absolute atomic E-state index is 13.2. The topological polar surface area (TPSA) is 63.3 Å². The van der Waals surface area contributed by atoms with Gasteiger partial charge < -0.3 is 14.6 Å². The molecule has 0 aliphatic rings. The van der Waals surface area contributed by atoms with Crippen LogP contribution in [-0.2, 0) is 6.42 Å². The number of benzene rings is 2. The first-order chi connectivity index (χ1) is 15.1. The fourth-order valence-corrected chi connectivity index (χ4v) is 3.48. The average Bonchev–Trinajstić information content (AvgIpc) is 3.47. The molecular formula is C25H26N4O2. The quantitative estimate of drug-likeness (QED) is 0.473. The van der Waals surface area contributed by atoms with Crippen LogP contribution < -0.4 is 5.32 Å². The number of likely N-dealkylation sites (N-methyl/N-ethyl adjacent to an activating group) is 1. The molecule has 0 radical (unpaired) electrons. The van der Waals surface area contributed by atoms with E-state index in [9.17, 15) is 4.79 Å². The molecule has 158 valence electrons. The van der Waals surface area contributed by atoms with E-state index in [2.05, 4.69) is 27.4 Å². The first-order valence-corrected chi connectivity index (χ1v) is 10.3. The predicted molar refractivity (Wildman–Crippen MR) is 121 cm³/mol. The lowest BCUT2D eigenvalue weighted by Crippen LogP contribution is -2.42. The smallest absolute Gasteiger partial charge is 0.270 e. The highest BCUT2D eigenvalue weighted by Crippen LogP contribution is 2.22. The molecule has 4 aromatic rings. The number of carbonyl (C=O) groups excluding carboxylic acids is 1. The molecule has 0 spiro atoms. The van der Waals surface area contributed by atoms with Gasteiger partial charge in [0.25, 0.3) is 5.91 Å². The van der Waals surface area contributed by atoms with Crippen LogP contribution >= 0.6 is 0 Å². The van der Waals surface area contributed by atoms with E-state index in [0.717, 1.165) is 12.1 Å². The average molecular weight is 415 g/mol. The molecule has 6 heteroatoms. The Kier molecular flexibility index (Phi) is 6.29. The third-order valence-electron chi connectivity index (χ3n) is 5.26. The molecule has 31 heavy (non-hydrogen) atoms. The third kappa shape index (κ3) is 4.92. The molecular weight excluding hydrogens is 388 g/mol. The van der Waals surface area contributed by atoms with E-state index in [0.29, 0.717) is 23.7 Å². The lowest BCUT2D eigenvalue weighted by molar-refractivity contribution is 0.0934. The number of nitrogens with one attached hydrogen (secondary N) is 1. The highest BCUT2D eigenvalue weighted by Gasteiger charge is 2.20. The standard InChI is InChI=1S/C25H26N4O2/c1-28(2)21(16-19-10-5-3-6-11-19)18-26-25(30)23-17-22(24-14-9-15-31-24)27-29(23)20-12-7-4-8-13-20/h3-15,17,21H,16,18H2,1-2H3,(H,26,30). The largest absolute Gasteiger partial charge is 0.463 e. The lowest BCUT2D eigenvalue weighted by Gasteiger charge is -2.24. The Hall–Kier alpha value is -3.64. The van der Waals surface area contributed by atoms with Crippen LogP contribution in [0.1, 0.15) is 16.1 Å². The molecule has 0 saturated heterocycles. The van der Waals surface area contributed by atoms with Crippen molar-refractivity contribution in [1.29, 1.82) is 0 Å². The summed E-state index contributed by atoms with van der Waals surface area (Å²) >= 11 is 0. The Morgan fingerprint density at radius 1 is 1.03 bits per heavy atom. The van der Waals surface area contributed by atoms with Gasteiger partial charge in [0.1, 0.15) is 11.4 Å². The summed E-state index contributed by atoms with van der Waals surface area (Å²) in [4.78, 5) is 15.3. The zero-order valence-electron chi connectivity index (χ0n) is 17.7. The summed E-state index contributed by atoms with van der Waals surface area (Å²) in [6.07, 6.45) is 2.45. The summed E-state index contributed by atoms with van der Waals surface area (Å²) in [5.74, 6) is 0.452. The van der Waals surface area contributed by atoms with Gasteiger partial charge in [-0.15, -0.1) is 0 Å². The van der Waals surface area contributed by atoms with Gasteiger partial charge in [-0.3, -0.25) is 4.79 Å². The molecule has 0 bridgehead atoms. The molecule has 6 nitrogen and oxygen atoms in total. The van der Waals surface area contributed by atoms with Crippen LogP contribution in [0.4, 0.5) is 0 Å². The molecule has 1 N–H and O–H groups in total. The number of aromatic nitrogens is 2. The molecule has 0 aliphatic heterocycles. The van der Waals surface area contributed by atoms with Gasteiger partial charge in [-0.2, -0.15) is 5.10 Å². The zero-order valence-corrected chi connectivity index (χ0v) is 17.7. The maximum Gasteiger partial charge on any atom is 0.270 e. The summed E-state index contributed by atoms with van der Waals surface area (Å²) in [7, 11) is 4.06. The van der Waals surface area contributed by atoms with Crippen LogP contribution in [0.2, 0.25) is 0 Å². The Bertz CT molecular complexity index is 1100. The summed E-state index contributed by atoms with van der Waals surface area (Å²) in [6, 6.07) is 25.5. The lowest BCUT2D eigenvalue weighted by atomic mass is 10.1. The minimum atomic E-state index is -0.172. The van der Waals surface area contributed by atoms with E-state index < -0.39 is 0 Å². The van der Waals surface area contributed by atoms with Crippen LogP contribution in [0, 0.1) is 0 Å². The molecule has 1 atom stereocenters. The van der Waals surface area contributed by atoms with Crippen molar-refractivity contribution in [3.63, 3.8) is 0 Å². The predicted octanol–water partition coefficient (Wildman–Crippen LogP) is 4.04. The number of carbonyl (C=O) groups is 1. The van der Waals surface area contributed by atoms with Crippen LogP contribution in [0.3, 0.4) is 0 Å². The Labute approximate surface area is 182 Å². The van der Waals surface area contributed by atoms with Gasteiger partial charge in [-0.1, -0.05) is 48.5 Å². The van der Waals surface area contributed by atoms with Crippen molar-refractivity contribution >= 4 is 5.91 Å². The second-order valence-electron chi connectivity index (χ2n) is 7.66. The summed E-state index contributed by atoms with van der Waals surface area (Å²) in [5.41, 5.74) is 3.14. The summed E-state index contributed by atoms with van der Waals surface area (Å²) in [6.45, 7) is 0.525. The van der Waals surface area contributed by atoms with Crippen molar-refractivity contribution in [3.05, 3.63) is 96.4 Å². The molecule has 0 aliphatic carbocycles. The van der Waals surface area contributed by atoms with Crippen molar-refractivity contribution in [3.8, 4) is 17.1 Å². The minimum absolute atomic E-state index is 0.170. The number of hydrogen-bond donors (Lipinski definition) is 1. The van der Waals surface area contributed by atoms with E-state index in [1.54, 1.807) is 17.0 Å². The number of furan rings is 1. The maximum atomic E-state index is 13.2. The number of amides is 1. The molecule has 1 amide bonds. The van der Waals surface area contributed by atoms with Gasteiger partial charge >= 0.3 is 0 Å². The van der Waals surface area contributed by atoms with Gasteiger partial charge in [0.2, 0.25) is 0 Å². The summed E-state index contributed by atoms with van der Waals surface area (Å²) in [5, 5.41) is 7.72. The van der Waals surface area contributed by atoms with E-state index in [4.69, 9.17) is 4.42 Å². The molecule has 0 fully saturated rings. The van der Waals surface area contributed by atoms with Gasteiger partial charge in [-0.25, -0.2) is 4.68 Å². The summed E-state index contributed by atoms with van der Waals surface area (Å²) < 4.78 is 7.15. The van der Waals surface area contributed by atoms with Crippen molar-refractivity contribution in [2.24, 2.45) is 0 Å². The van der Waals surface area contributed by atoms with Crippen molar-refractivity contribution in [2.75, 3.05) is 20.6 Å². The van der Waals surface area contributed by atoms with Gasteiger partial charge in [-0.05, 0) is 50.3 Å².